The summed E-state index contributed by atoms with van der Waals surface area (Å²) in [5.74, 6) is -0.531. The summed E-state index contributed by atoms with van der Waals surface area (Å²) in [5, 5.41) is 3.38. The molecule has 4 heteroatoms. The summed E-state index contributed by atoms with van der Waals surface area (Å²) >= 11 is 0. The van der Waals surface area contributed by atoms with Gasteiger partial charge >= 0.3 is 5.97 Å². The number of nitrogens with one attached hydrogen (secondary N) is 1. The van der Waals surface area contributed by atoms with Crippen LogP contribution < -0.4 is 5.32 Å². The lowest BCUT2D eigenvalue weighted by atomic mass is 9.98. The Bertz CT molecular complexity index is 558. The first-order valence-corrected chi connectivity index (χ1v) is 6.98. The number of methoxy groups -OCH3 is 1. The Morgan fingerprint density at radius 2 is 1.81 bits per heavy atom. The van der Waals surface area contributed by atoms with Crippen molar-refractivity contribution in [2.75, 3.05) is 13.7 Å². The fourth-order valence-corrected chi connectivity index (χ4v) is 2.23. The second-order valence-corrected chi connectivity index (χ2v) is 4.90. The molecule has 2 rings (SSSR count). The van der Waals surface area contributed by atoms with E-state index in [4.69, 9.17) is 4.74 Å². The summed E-state index contributed by atoms with van der Waals surface area (Å²) in [7, 11) is 1.42. The number of ether oxygens (including phenoxy) is 1. The molecule has 0 radical (unpaired) electrons. The predicted molar refractivity (Wildman–Crippen MR) is 81.9 cm³/mol. The number of benzene rings is 1. The van der Waals surface area contributed by atoms with Gasteiger partial charge in [-0.1, -0.05) is 30.3 Å². The number of pyridine rings is 1. The highest BCUT2D eigenvalue weighted by atomic mass is 16.5. The number of carbonyl (C=O) groups excluding carboxylic acids is 1. The van der Waals surface area contributed by atoms with Gasteiger partial charge in [0.15, 0.2) is 0 Å². The maximum atomic E-state index is 12.0. The molecule has 0 aliphatic carbocycles. The monoisotopic (exact) mass is 284 g/mol. The molecule has 0 aliphatic heterocycles. The summed E-state index contributed by atoms with van der Waals surface area (Å²) in [5.41, 5.74) is 2.10. The topological polar surface area (TPSA) is 51.2 Å². The third-order valence-corrected chi connectivity index (χ3v) is 3.52. The first-order valence-electron chi connectivity index (χ1n) is 6.98. The smallest absolute Gasteiger partial charge is 0.314 e. The van der Waals surface area contributed by atoms with Crippen molar-refractivity contribution in [1.82, 2.24) is 10.3 Å². The molecule has 1 aromatic carbocycles. The zero-order chi connectivity index (χ0) is 15.1. The van der Waals surface area contributed by atoms with E-state index in [1.165, 1.54) is 7.11 Å². The molecule has 0 aliphatic rings. The van der Waals surface area contributed by atoms with Gasteiger partial charge in [0.05, 0.1) is 13.0 Å². The van der Waals surface area contributed by atoms with Crippen LogP contribution in [-0.4, -0.2) is 24.6 Å². The number of carbonyl (C=O) groups is 1. The number of esters is 1. The van der Waals surface area contributed by atoms with Crippen molar-refractivity contribution in [1.29, 1.82) is 0 Å². The van der Waals surface area contributed by atoms with Crippen molar-refractivity contribution in [3.8, 4) is 0 Å². The normalized spacial score (nSPS) is 13.4. The first-order chi connectivity index (χ1) is 10.2. The van der Waals surface area contributed by atoms with Crippen molar-refractivity contribution in [2.45, 2.75) is 18.9 Å². The Labute approximate surface area is 125 Å². The first kappa shape index (κ1) is 15.2. The van der Waals surface area contributed by atoms with Crippen LogP contribution in [0.1, 0.15) is 30.0 Å². The van der Waals surface area contributed by atoms with Gasteiger partial charge in [-0.05, 0) is 30.2 Å². The fraction of sp³-hybridized carbons (Fsp3) is 0.294. The van der Waals surface area contributed by atoms with Gasteiger partial charge in [-0.25, -0.2) is 0 Å². The van der Waals surface area contributed by atoms with Crippen LogP contribution in [0.5, 0.6) is 0 Å². The lowest BCUT2D eigenvalue weighted by molar-refractivity contribution is -0.142. The van der Waals surface area contributed by atoms with E-state index in [2.05, 4.69) is 17.2 Å². The van der Waals surface area contributed by atoms with Crippen LogP contribution in [-0.2, 0) is 9.53 Å². The molecule has 0 saturated heterocycles. The second-order valence-electron chi connectivity index (χ2n) is 4.90. The number of rotatable bonds is 6. The van der Waals surface area contributed by atoms with E-state index in [0.29, 0.717) is 6.54 Å². The number of hydrogen-bond donors (Lipinski definition) is 1. The molecule has 1 heterocycles. The molecule has 0 fully saturated rings. The standard InChI is InChI=1S/C17H20N2O2/c1-13(14-8-10-18-11-9-14)19-12-16(17(20)21-2)15-6-4-3-5-7-15/h3-11,13,16,19H,12H2,1-2H3. The summed E-state index contributed by atoms with van der Waals surface area (Å²) in [6.07, 6.45) is 3.53. The van der Waals surface area contributed by atoms with Gasteiger partial charge < -0.3 is 10.1 Å². The Kier molecular flexibility index (Phi) is 5.46. The van der Waals surface area contributed by atoms with Gasteiger partial charge in [-0.15, -0.1) is 0 Å². The molecular weight excluding hydrogens is 264 g/mol. The fourth-order valence-electron chi connectivity index (χ4n) is 2.23. The summed E-state index contributed by atoms with van der Waals surface area (Å²) in [6, 6.07) is 13.8. The van der Waals surface area contributed by atoms with Gasteiger partial charge in [0.2, 0.25) is 0 Å². The third kappa shape index (κ3) is 4.13. The second kappa shape index (κ2) is 7.55. The molecule has 0 spiro atoms. The van der Waals surface area contributed by atoms with E-state index < -0.39 is 0 Å². The highest BCUT2D eigenvalue weighted by Gasteiger charge is 2.21. The predicted octanol–water partition coefficient (Wildman–Crippen LogP) is 2.69. The molecule has 0 amide bonds. The van der Waals surface area contributed by atoms with Crippen LogP contribution in [0.2, 0.25) is 0 Å². The van der Waals surface area contributed by atoms with Gasteiger partial charge in [0.25, 0.3) is 0 Å². The molecule has 21 heavy (non-hydrogen) atoms. The highest BCUT2D eigenvalue weighted by molar-refractivity contribution is 5.78. The number of hydrogen-bond acceptors (Lipinski definition) is 4. The van der Waals surface area contributed by atoms with E-state index in [1.807, 2.05) is 42.5 Å². The van der Waals surface area contributed by atoms with Crippen LogP contribution in [0.25, 0.3) is 0 Å². The van der Waals surface area contributed by atoms with Gasteiger partial charge in [-0.3, -0.25) is 9.78 Å². The van der Waals surface area contributed by atoms with Gasteiger partial charge in [0, 0.05) is 25.0 Å². The van der Waals surface area contributed by atoms with Gasteiger partial charge in [0.1, 0.15) is 0 Å². The lowest BCUT2D eigenvalue weighted by Crippen LogP contribution is -2.29. The van der Waals surface area contributed by atoms with Crippen LogP contribution in [0.4, 0.5) is 0 Å². The summed E-state index contributed by atoms with van der Waals surface area (Å²) in [4.78, 5) is 16.0. The molecule has 2 aromatic rings. The van der Waals surface area contributed by atoms with Crippen LogP contribution in [0.15, 0.2) is 54.9 Å². The van der Waals surface area contributed by atoms with Crippen molar-refractivity contribution in [3.05, 3.63) is 66.0 Å². The summed E-state index contributed by atoms with van der Waals surface area (Å²) < 4.78 is 4.92. The van der Waals surface area contributed by atoms with Crippen molar-refractivity contribution >= 4 is 5.97 Å². The minimum atomic E-state index is -0.305. The molecule has 4 nitrogen and oxygen atoms in total. The Morgan fingerprint density at radius 1 is 1.14 bits per heavy atom. The van der Waals surface area contributed by atoms with E-state index >= 15 is 0 Å². The average molecular weight is 284 g/mol. The Hall–Kier alpha value is -2.20. The SMILES string of the molecule is COC(=O)C(CNC(C)c1ccncc1)c1ccccc1. The van der Waals surface area contributed by atoms with Crippen molar-refractivity contribution < 1.29 is 9.53 Å². The van der Waals surface area contributed by atoms with E-state index in [9.17, 15) is 4.79 Å². The lowest BCUT2D eigenvalue weighted by Gasteiger charge is -2.19. The van der Waals surface area contributed by atoms with Gasteiger partial charge in [-0.2, -0.15) is 0 Å². The molecule has 1 N–H and O–H groups in total. The maximum absolute atomic E-state index is 12.0. The number of aromatic nitrogens is 1. The molecule has 0 bridgehead atoms. The molecule has 0 saturated carbocycles. The minimum Gasteiger partial charge on any atom is -0.469 e. The molecule has 2 atom stereocenters. The third-order valence-electron chi connectivity index (χ3n) is 3.52. The zero-order valence-electron chi connectivity index (χ0n) is 12.3. The van der Waals surface area contributed by atoms with Crippen molar-refractivity contribution in [2.24, 2.45) is 0 Å². The van der Waals surface area contributed by atoms with E-state index in [-0.39, 0.29) is 17.9 Å². The molecule has 1 aromatic heterocycles. The molecule has 110 valence electrons. The largest absolute Gasteiger partial charge is 0.469 e. The Morgan fingerprint density at radius 3 is 2.43 bits per heavy atom. The average Bonchev–Trinajstić information content (AvgIpc) is 2.56. The highest BCUT2D eigenvalue weighted by Crippen LogP contribution is 2.18. The van der Waals surface area contributed by atoms with Crippen LogP contribution >= 0.6 is 0 Å². The minimum absolute atomic E-state index is 0.142. The quantitative estimate of drug-likeness (QED) is 0.829. The summed E-state index contributed by atoms with van der Waals surface area (Å²) in [6.45, 7) is 2.59. The number of nitrogens with zero attached hydrogens (tertiary/aromatic N) is 1. The zero-order valence-corrected chi connectivity index (χ0v) is 12.3. The van der Waals surface area contributed by atoms with Crippen LogP contribution in [0, 0.1) is 0 Å². The maximum Gasteiger partial charge on any atom is 0.314 e. The van der Waals surface area contributed by atoms with E-state index in [1.54, 1.807) is 12.4 Å². The van der Waals surface area contributed by atoms with Crippen LogP contribution in [0.3, 0.4) is 0 Å². The molecular formula is C17H20N2O2. The van der Waals surface area contributed by atoms with E-state index in [0.717, 1.165) is 11.1 Å². The molecule has 2 unspecified atom stereocenters. The van der Waals surface area contributed by atoms with Crippen molar-refractivity contribution in [3.63, 3.8) is 0 Å². The Balaban J connectivity index is 2.05.